The van der Waals surface area contributed by atoms with E-state index < -0.39 is 51.6 Å². The molecule has 7 aliphatic rings. The minimum atomic E-state index is -3.53. The van der Waals surface area contributed by atoms with E-state index in [4.69, 9.17) is 10.5 Å². The lowest BCUT2D eigenvalue weighted by atomic mass is 10.0. The molecule has 7 heterocycles. The van der Waals surface area contributed by atoms with Gasteiger partial charge >= 0.3 is 12.1 Å². The molecule has 0 radical (unpaired) electrons. The Hall–Kier alpha value is -3.32. The predicted molar refractivity (Wildman–Crippen MR) is 599 cm³/mol. The number of piperazine rings is 3. The molecule has 0 saturated carbocycles. The van der Waals surface area contributed by atoms with Crippen LogP contribution in [0.2, 0.25) is 0 Å². The van der Waals surface area contributed by atoms with Crippen LogP contribution < -0.4 is 46.9 Å². The smallest absolute Gasteiger partial charge is 0.407 e. The van der Waals surface area contributed by atoms with Crippen molar-refractivity contribution in [2.45, 2.75) is 447 Å². The second kappa shape index (κ2) is 66.2. The van der Waals surface area contributed by atoms with Crippen LogP contribution in [-0.2, 0) is 59.0 Å². The maximum atomic E-state index is 11.3. The normalized spacial score (nSPS) is 17.7. The summed E-state index contributed by atoms with van der Waals surface area (Å²) in [4.78, 5) is 63.5. The molecule has 7 rings (SSSR count). The fourth-order valence-electron chi connectivity index (χ4n) is 12.8. The summed E-state index contributed by atoms with van der Waals surface area (Å²) in [6.45, 7) is 120. The topological polar surface area (TPSA) is 387 Å². The van der Waals surface area contributed by atoms with Gasteiger partial charge in [0.15, 0.2) is 0 Å². The number of morpholine rings is 1. The van der Waals surface area contributed by atoms with Crippen LogP contribution in [0.15, 0.2) is 4.36 Å². The quantitative estimate of drug-likeness (QED) is 0.127. The van der Waals surface area contributed by atoms with Gasteiger partial charge in [-0.2, -0.15) is 17.4 Å². The number of piperidine rings is 1. The van der Waals surface area contributed by atoms with Gasteiger partial charge < -0.3 is 51.6 Å². The Morgan fingerprint density at radius 2 is 0.633 bits per heavy atom. The molecule has 0 bridgehead atoms. The number of hydrogen-bond acceptors (Lipinski definition) is 24. The van der Waals surface area contributed by atoms with Crippen molar-refractivity contribution < 1.29 is 58.1 Å². The Morgan fingerprint density at radius 3 is 0.763 bits per heavy atom. The molecule has 842 valence electrons. The summed E-state index contributed by atoms with van der Waals surface area (Å²) < 4.78 is 95.1. The van der Waals surface area contributed by atoms with Gasteiger partial charge in [0.05, 0.1) is 38.4 Å². The van der Waals surface area contributed by atoms with Crippen molar-refractivity contribution in [3.8, 4) is 0 Å². The molecule has 37 heteroatoms. The fourth-order valence-corrected chi connectivity index (χ4v) is 16.9. The average Bonchev–Trinajstić information content (AvgIpc) is 1.64. The third kappa shape index (κ3) is 106. The van der Waals surface area contributed by atoms with Gasteiger partial charge in [0.25, 0.3) is 10.2 Å². The first-order valence-electron chi connectivity index (χ1n) is 50.4. The highest BCUT2D eigenvalue weighted by Crippen LogP contribution is 2.24. The zero-order chi connectivity index (χ0) is 112. The second-order valence-electron chi connectivity index (χ2n) is 52.3. The number of sulfonamides is 2. The van der Waals surface area contributed by atoms with E-state index in [1.807, 2.05) is 95.0 Å². The van der Waals surface area contributed by atoms with Crippen LogP contribution in [0.4, 0.5) is 9.59 Å². The number of nitrogens with one attached hydrogen (secondary N) is 7. The molecule has 0 atom stereocenters. The number of hydrogen-bond donors (Lipinski definition) is 9. The number of urea groups is 1. The molecule has 7 aliphatic heterocycles. The molecule has 7 saturated heterocycles. The van der Waals surface area contributed by atoms with Gasteiger partial charge in [-0.15, -0.1) is 0 Å². The lowest BCUT2D eigenvalue weighted by molar-refractivity contribution is -0.131. The Bertz CT molecular complexity index is 3570. The number of amides is 5. The molecule has 0 spiro atoms. The zero-order valence-electron chi connectivity index (χ0n) is 101. The molecule has 139 heavy (non-hydrogen) atoms. The average molecular weight is 2080 g/mol. The number of nitrogens with zero attached hydrogens (tertiary/aromatic N) is 11. The minimum Gasteiger partial charge on any atom is -0.453 e. The minimum absolute atomic E-state index is 0.0255. The van der Waals surface area contributed by atoms with Crippen LogP contribution in [0.5, 0.6) is 0 Å². The molecular formula is C102H232N20O13S4. The molecule has 0 aromatic heterocycles. The van der Waals surface area contributed by atoms with Crippen LogP contribution in [-0.4, -0.2) is 382 Å². The molecule has 5 amide bonds. The van der Waals surface area contributed by atoms with E-state index in [2.05, 4.69) is 291 Å². The lowest BCUT2D eigenvalue weighted by Crippen LogP contribution is -2.54. The van der Waals surface area contributed by atoms with Gasteiger partial charge in [0, 0.05) is 205 Å². The van der Waals surface area contributed by atoms with Gasteiger partial charge in [0.2, 0.25) is 31.9 Å². The first-order chi connectivity index (χ1) is 61.1. The third-order valence-corrected chi connectivity index (χ3v) is 24.9. The maximum absolute atomic E-state index is 11.3. The van der Waals surface area contributed by atoms with Crippen molar-refractivity contribution in [3.63, 3.8) is 0 Å². The molecular weight excluding hydrogens is 1840 g/mol. The largest absolute Gasteiger partial charge is 0.453 e. The maximum Gasteiger partial charge on any atom is 0.407 e. The van der Waals surface area contributed by atoms with Gasteiger partial charge in [-0.3, -0.25) is 48.1 Å². The number of carbonyl (C=O) groups excluding carboxylic acids is 4. The van der Waals surface area contributed by atoms with Crippen molar-refractivity contribution in [1.82, 2.24) is 84.4 Å². The standard InChI is InChI=1S/C10H20N2O.C9H20N2O2S.C9H19N.C8H18N2.C8H17NO.C8H17N.C7H15N.C6H13NO2.C6H15NOS.C6H13NO.C6H15N.C5H12N2O.C5H13NO2S.C5H13N.C4H12N2O2S/c1-9(13)11-5-7-12(8-6-11)10(2,3)4;1-9(2,3)10-5-7-11(8-6-10)14(4,12)13;1-9(2,3)10-7-5-4-6-8-10;1-8(2,3)10-6-4-9-5-7-10;1-8(2,3)9-4-6-10-7-5-9;1-8(2,3)9-6-4-5-7-9;1-7(2,3)8-5-4-6-8;1-6(2,3)7-5(8)9-4;1-6(2,3)7-9(4,5)8;1-5(8)7-6(2,3)4;1-6(2,3)7(4)5;1-5(2,3)7-4(6)8;1-5(2,3)6-9(4,7)8;1-5(2,3)6-4;1-4(2,3)6-9(5,7)8/h5-8H2,1-4H3;5-8H2,1-4H3;4-8H2,1-3H3;9H,4-7H2,1-3H3;4-7H2,1-3H3;4-7H2,1-3H3;4-6H2,1-3H3;1-4H3,(H,7,8);1-5H3;1-4H3,(H,7,8);1-5H3;1-3H3,(H3,6,7,8);6H,1-4H3;6H,1-4H3;6H,1-3H3,(H2,5,7,8). The van der Waals surface area contributed by atoms with Gasteiger partial charge in [-0.05, 0) is 404 Å². The van der Waals surface area contributed by atoms with Gasteiger partial charge in [0.1, 0.15) is 0 Å². The second-order valence-corrected chi connectivity index (χ2v) is 59.9. The highest BCUT2D eigenvalue weighted by Gasteiger charge is 2.32. The predicted octanol–water partition coefficient (Wildman–Crippen LogP) is 15.1. The molecule has 33 nitrogen and oxygen atoms in total. The molecule has 0 aromatic carbocycles. The van der Waals surface area contributed by atoms with E-state index in [-0.39, 0.29) is 56.7 Å². The zero-order valence-corrected chi connectivity index (χ0v) is 104. The summed E-state index contributed by atoms with van der Waals surface area (Å²) >= 11 is 0. The van der Waals surface area contributed by atoms with Gasteiger partial charge in [-0.25, -0.2) is 40.6 Å². The van der Waals surface area contributed by atoms with Crippen molar-refractivity contribution in [2.24, 2.45) is 15.2 Å². The fraction of sp³-hybridized carbons (Fsp3) is 0.961. The van der Waals surface area contributed by atoms with Crippen molar-refractivity contribution >= 4 is 63.9 Å². The SMILES string of the molecule is CC(=O)N1CCN(C(C)(C)C)CC1.CC(=O)NC(C)(C)C.CC(C)(C)N1CCC1.CC(C)(C)N1CCCC1.CC(C)(C)N1CCCCC1.CC(C)(C)N1CCN(S(C)(=O)=O)CC1.CC(C)(C)N1CCNCC1.CC(C)(C)N1CCOCC1.CC(C)(C)N=S(C)(C)=O.CC(C)(C)NC(N)=O.CC(C)(C)NS(C)(=O)=O.CC(C)(C)NS(N)(=O)=O.CN(C)C(C)(C)C.CNC(C)(C)C.COC(=O)NC(C)(C)C. The van der Waals surface area contributed by atoms with Crippen molar-refractivity contribution in [2.75, 3.05) is 197 Å². The Labute approximate surface area is 860 Å². The molecule has 7 fully saturated rings. The van der Waals surface area contributed by atoms with Gasteiger partial charge in [-0.1, -0.05) is 6.42 Å². The summed E-state index contributed by atoms with van der Waals surface area (Å²) in [6, 6.07) is -0.475. The number of primary amides is 1. The van der Waals surface area contributed by atoms with E-state index in [0.29, 0.717) is 51.9 Å². The molecule has 0 aliphatic carbocycles. The number of alkyl carbamates (subject to hydrolysis) is 1. The molecule has 0 unspecified atom stereocenters. The molecule has 11 N–H and O–H groups in total. The van der Waals surface area contributed by atoms with Crippen LogP contribution in [0, 0.1) is 0 Å². The first-order valence-corrected chi connectivity index (χ1v) is 58.0. The highest BCUT2D eigenvalue weighted by atomic mass is 32.2. The lowest BCUT2D eigenvalue weighted by Gasteiger charge is -2.42. The van der Waals surface area contributed by atoms with Crippen LogP contribution in [0.3, 0.4) is 0 Å². The summed E-state index contributed by atoms with van der Waals surface area (Å²) in [5.41, 5.74) is 6.29. The summed E-state index contributed by atoms with van der Waals surface area (Å²) in [5.74, 6) is 0.228. The Morgan fingerprint density at radius 1 is 0.367 bits per heavy atom. The highest BCUT2D eigenvalue weighted by molar-refractivity contribution is 7.92. The van der Waals surface area contributed by atoms with Crippen LogP contribution >= 0.6 is 0 Å². The van der Waals surface area contributed by atoms with Crippen molar-refractivity contribution in [1.29, 1.82) is 0 Å². The van der Waals surface area contributed by atoms with E-state index in [9.17, 15) is 48.6 Å². The number of nitrogens with two attached hydrogens (primary N) is 2. The summed E-state index contributed by atoms with van der Waals surface area (Å²) in [6.07, 6.45) is 13.8. The third-order valence-electron chi connectivity index (χ3n) is 20.8. The number of ether oxygens (including phenoxy) is 2. The Balaban J connectivity index is -0.000000221. The number of methoxy groups -OCH3 is 1. The van der Waals surface area contributed by atoms with Crippen LogP contribution in [0.1, 0.15) is 364 Å². The Kier molecular flexibility index (Phi) is 71.9. The number of likely N-dealkylation sites (tertiary alicyclic amines) is 3. The first kappa shape index (κ1) is 151. The molecule has 0 aromatic rings. The monoisotopic (exact) mass is 2070 g/mol. The number of carbonyl (C=O) groups is 4. The van der Waals surface area contributed by atoms with E-state index in [1.165, 1.54) is 111 Å². The van der Waals surface area contributed by atoms with E-state index in [0.717, 1.165) is 84.9 Å². The number of rotatable bonds is 3. The van der Waals surface area contributed by atoms with E-state index >= 15 is 0 Å². The van der Waals surface area contributed by atoms with Crippen molar-refractivity contribution in [3.05, 3.63) is 0 Å². The summed E-state index contributed by atoms with van der Waals surface area (Å²) in [5, 5.41) is 19.0. The van der Waals surface area contributed by atoms with E-state index in [1.54, 1.807) is 65.3 Å². The van der Waals surface area contributed by atoms with Crippen LogP contribution in [0.25, 0.3) is 0 Å². The summed E-state index contributed by atoms with van der Waals surface area (Å²) in [7, 11) is -3.99.